The molecule has 0 bridgehead atoms. The summed E-state index contributed by atoms with van der Waals surface area (Å²) in [6.07, 6.45) is 1.75. The van der Waals surface area contributed by atoms with Crippen LogP contribution in [0.25, 0.3) is 0 Å². The number of rotatable bonds is 4. The summed E-state index contributed by atoms with van der Waals surface area (Å²) in [5, 5.41) is 9.85. The van der Waals surface area contributed by atoms with Crippen molar-refractivity contribution in [2.45, 2.75) is 17.7 Å². The van der Waals surface area contributed by atoms with Gasteiger partial charge in [-0.25, -0.2) is 9.78 Å². The van der Waals surface area contributed by atoms with Gasteiger partial charge in [-0.05, 0) is 46.6 Å². The SMILES string of the molecule is Cc1sc(C(=O)O)cc1CSc1ncccc1Br. The van der Waals surface area contributed by atoms with Crippen LogP contribution >= 0.6 is 39.0 Å². The molecule has 2 rings (SSSR count). The average molecular weight is 344 g/mol. The highest BCUT2D eigenvalue weighted by Crippen LogP contribution is 2.31. The first kappa shape index (κ1) is 13.6. The molecule has 2 heterocycles. The Morgan fingerprint density at radius 2 is 2.39 bits per heavy atom. The van der Waals surface area contributed by atoms with Gasteiger partial charge in [0.15, 0.2) is 0 Å². The molecule has 0 unspecified atom stereocenters. The van der Waals surface area contributed by atoms with E-state index in [2.05, 4.69) is 20.9 Å². The second-order valence-electron chi connectivity index (χ2n) is 3.58. The molecule has 6 heteroatoms. The molecule has 2 aromatic heterocycles. The van der Waals surface area contributed by atoms with Gasteiger partial charge in [-0.15, -0.1) is 23.1 Å². The van der Waals surface area contributed by atoms with Gasteiger partial charge in [0.1, 0.15) is 9.90 Å². The summed E-state index contributed by atoms with van der Waals surface area (Å²) < 4.78 is 0.960. The van der Waals surface area contributed by atoms with Crippen molar-refractivity contribution in [1.29, 1.82) is 0 Å². The largest absolute Gasteiger partial charge is 0.477 e. The number of hydrogen-bond acceptors (Lipinski definition) is 4. The van der Waals surface area contributed by atoms with E-state index in [1.807, 2.05) is 19.1 Å². The van der Waals surface area contributed by atoms with E-state index in [0.717, 1.165) is 25.7 Å². The number of aromatic carboxylic acids is 1. The van der Waals surface area contributed by atoms with E-state index < -0.39 is 5.97 Å². The number of halogens is 1. The smallest absolute Gasteiger partial charge is 0.345 e. The maximum absolute atomic E-state index is 10.9. The van der Waals surface area contributed by atoms with E-state index in [0.29, 0.717) is 4.88 Å². The molecule has 0 atom stereocenters. The number of nitrogens with zero attached hydrogens (tertiary/aromatic N) is 1. The predicted octanol–water partition coefficient (Wildman–Crippen LogP) is 4.20. The molecule has 0 radical (unpaired) electrons. The Labute approximate surface area is 121 Å². The molecule has 1 N–H and O–H groups in total. The zero-order chi connectivity index (χ0) is 13.1. The van der Waals surface area contributed by atoms with E-state index >= 15 is 0 Å². The van der Waals surface area contributed by atoms with E-state index in [-0.39, 0.29) is 0 Å². The highest BCUT2D eigenvalue weighted by molar-refractivity contribution is 9.10. The minimum absolute atomic E-state index is 0.392. The highest BCUT2D eigenvalue weighted by Gasteiger charge is 2.11. The van der Waals surface area contributed by atoms with Gasteiger partial charge in [0.05, 0.1) is 0 Å². The van der Waals surface area contributed by atoms with Gasteiger partial charge in [0, 0.05) is 21.3 Å². The van der Waals surface area contributed by atoms with Crippen molar-refractivity contribution in [3.05, 3.63) is 44.2 Å². The molecule has 0 aromatic carbocycles. The number of carboxylic acid groups (broad SMARTS) is 1. The predicted molar refractivity (Wildman–Crippen MR) is 77.5 cm³/mol. The Bertz CT molecular complexity index is 583. The maximum atomic E-state index is 10.9. The molecule has 94 valence electrons. The van der Waals surface area contributed by atoms with Crippen molar-refractivity contribution in [2.75, 3.05) is 0 Å². The minimum atomic E-state index is -0.863. The van der Waals surface area contributed by atoms with Crippen LogP contribution in [0.1, 0.15) is 20.1 Å². The van der Waals surface area contributed by atoms with Crippen LogP contribution in [0.3, 0.4) is 0 Å². The van der Waals surface area contributed by atoms with Crippen LogP contribution < -0.4 is 0 Å². The molecule has 18 heavy (non-hydrogen) atoms. The van der Waals surface area contributed by atoms with Crippen molar-refractivity contribution in [1.82, 2.24) is 4.98 Å². The summed E-state index contributed by atoms with van der Waals surface area (Å²) >= 11 is 6.35. The van der Waals surface area contributed by atoms with Crippen molar-refractivity contribution in [3.8, 4) is 0 Å². The summed E-state index contributed by atoms with van der Waals surface area (Å²) in [5.74, 6) is -0.135. The lowest BCUT2D eigenvalue weighted by molar-refractivity contribution is 0.0702. The second-order valence-corrected chi connectivity index (χ2v) is 6.65. The van der Waals surface area contributed by atoms with Crippen LogP contribution in [0.4, 0.5) is 0 Å². The quantitative estimate of drug-likeness (QED) is 0.845. The normalized spacial score (nSPS) is 10.6. The van der Waals surface area contributed by atoms with E-state index in [4.69, 9.17) is 5.11 Å². The molecule has 0 saturated carbocycles. The summed E-state index contributed by atoms with van der Waals surface area (Å²) in [6.45, 7) is 1.94. The molecular formula is C12H10BrNO2S2. The van der Waals surface area contributed by atoms with Gasteiger partial charge in [0.2, 0.25) is 0 Å². The van der Waals surface area contributed by atoms with E-state index in [9.17, 15) is 4.79 Å². The Balaban J connectivity index is 2.11. The van der Waals surface area contributed by atoms with Crippen LogP contribution in [0, 0.1) is 6.92 Å². The van der Waals surface area contributed by atoms with Gasteiger partial charge in [0.25, 0.3) is 0 Å². The summed E-state index contributed by atoms with van der Waals surface area (Å²) in [7, 11) is 0. The zero-order valence-electron chi connectivity index (χ0n) is 9.51. The Morgan fingerprint density at radius 3 is 3.00 bits per heavy atom. The Hall–Kier alpha value is -0.850. The van der Waals surface area contributed by atoms with Crippen LogP contribution in [0.15, 0.2) is 33.9 Å². The third-order valence-corrected chi connectivity index (χ3v) is 5.36. The molecule has 0 amide bonds. The number of thiophene rings is 1. The fraction of sp³-hybridized carbons (Fsp3) is 0.167. The van der Waals surface area contributed by atoms with Crippen LogP contribution in [-0.4, -0.2) is 16.1 Å². The monoisotopic (exact) mass is 343 g/mol. The lowest BCUT2D eigenvalue weighted by Gasteiger charge is -2.02. The summed E-state index contributed by atoms with van der Waals surface area (Å²) in [4.78, 5) is 16.6. The van der Waals surface area contributed by atoms with Gasteiger partial charge in [-0.2, -0.15) is 0 Å². The minimum Gasteiger partial charge on any atom is -0.477 e. The molecule has 0 spiro atoms. The molecule has 0 saturated heterocycles. The van der Waals surface area contributed by atoms with Crippen LogP contribution in [0.5, 0.6) is 0 Å². The number of thioether (sulfide) groups is 1. The molecular weight excluding hydrogens is 334 g/mol. The first-order valence-electron chi connectivity index (χ1n) is 5.14. The number of pyridine rings is 1. The molecule has 0 aliphatic rings. The molecule has 0 fully saturated rings. The fourth-order valence-electron chi connectivity index (χ4n) is 1.39. The van der Waals surface area contributed by atoms with Crippen molar-refractivity contribution < 1.29 is 9.90 Å². The van der Waals surface area contributed by atoms with Gasteiger partial charge in [-0.1, -0.05) is 0 Å². The highest BCUT2D eigenvalue weighted by atomic mass is 79.9. The van der Waals surface area contributed by atoms with Gasteiger partial charge >= 0.3 is 5.97 Å². The first-order valence-corrected chi connectivity index (χ1v) is 7.73. The number of carboxylic acids is 1. The zero-order valence-corrected chi connectivity index (χ0v) is 12.7. The maximum Gasteiger partial charge on any atom is 0.345 e. The Kier molecular flexibility index (Phi) is 4.42. The van der Waals surface area contributed by atoms with E-state index in [1.165, 1.54) is 11.3 Å². The standard InChI is InChI=1S/C12H10BrNO2S2/c1-7-8(5-10(18-7)12(15)16)6-17-11-9(13)3-2-4-14-11/h2-5H,6H2,1H3,(H,15,16). The number of carbonyl (C=O) groups is 1. The molecule has 0 aliphatic heterocycles. The summed E-state index contributed by atoms with van der Waals surface area (Å²) in [6, 6.07) is 5.55. The third-order valence-electron chi connectivity index (χ3n) is 2.32. The molecule has 3 nitrogen and oxygen atoms in total. The van der Waals surface area contributed by atoms with Crippen molar-refractivity contribution in [3.63, 3.8) is 0 Å². The molecule has 0 aliphatic carbocycles. The fourth-order valence-corrected chi connectivity index (χ4v) is 3.90. The van der Waals surface area contributed by atoms with Crippen molar-refractivity contribution in [2.24, 2.45) is 0 Å². The van der Waals surface area contributed by atoms with Crippen molar-refractivity contribution >= 4 is 45.0 Å². The summed E-state index contributed by atoms with van der Waals surface area (Å²) in [5.41, 5.74) is 1.06. The average Bonchev–Trinajstić information content (AvgIpc) is 2.70. The van der Waals surface area contributed by atoms with E-state index in [1.54, 1.807) is 24.0 Å². The first-order chi connectivity index (χ1) is 8.58. The van der Waals surface area contributed by atoms with Gasteiger partial charge in [-0.3, -0.25) is 0 Å². The van der Waals surface area contributed by atoms with Gasteiger partial charge < -0.3 is 5.11 Å². The number of hydrogen-bond donors (Lipinski definition) is 1. The molecule has 2 aromatic rings. The second kappa shape index (κ2) is 5.86. The lowest BCUT2D eigenvalue weighted by Crippen LogP contribution is -1.90. The third kappa shape index (κ3) is 3.13. The number of aryl methyl sites for hydroxylation is 1. The Morgan fingerprint density at radius 1 is 1.61 bits per heavy atom. The van der Waals surface area contributed by atoms with Crippen LogP contribution in [-0.2, 0) is 5.75 Å². The number of aromatic nitrogens is 1. The topological polar surface area (TPSA) is 50.2 Å². The lowest BCUT2D eigenvalue weighted by atomic mass is 10.3. The van der Waals surface area contributed by atoms with Crippen LogP contribution in [0.2, 0.25) is 0 Å².